The molecular weight excluding hydrogens is 246 g/mol. The molecule has 0 atom stereocenters. The van der Waals surface area contributed by atoms with Gasteiger partial charge in [-0.05, 0) is 18.7 Å². The summed E-state index contributed by atoms with van der Waals surface area (Å²) in [4.78, 5) is 24.8. The maximum absolute atomic E-state index is 11.9. The van der Waals surface area contributed by atoms with Crippen LogP contribution >= 0.6 is 0 Å². The molecule has 0 fully saturated rings. The molecule has 1 aromatic heterocycles. The van der Waals surface area contributed by atoms with Crippen LogP contribution in [0.5, 0.6) is 0 Å². The van der Waals surface area contributed by atoms with E-state index in [1.165, 1.54) is 9.47 Å². The van der Waals surface area contributed by atoms with Crippen LogP contribution in [-0.2, 0) is 11.8 Å². The second-order valence-corrected chi connectivity index (χ2v) is 4.31. The van der Waals surface area contributed by atoms with Crippen LogP contribution < -0.4 is 16.0 Å². The summed E-state index contributed by atoms with van der Waals surface area (Å²) in [5.74, 6) is -0.451. The lowest BCUT2D eigenvalue weighted by Gasteiger charge is -2.17. The largest absolute Gasteiger partial charge is 0.419 e. The third-order valence-electron chi connectivity index (χ3n) is 3.06. The lowest BCUT2D eigenvalue weighted by Crippen LogP contribution is -2.35. The second-order valence-electron chi connectivity index (χ2n) is 4.31. The fourth-order valence-electron chi connectivity index (χ4n) is 1.83. The van der Waals surface area contributed by atoms with Gasteiger partial charge in [0.25, 0.3) is 0 Å². The predicted molar refractivity (Wildman–Crippen MR) is 73.4 cm³/mol. The van der Waals surface area contributed by atoms with Crippen LogP contribution in [0, 0.1) is 0 Å². The van der Waals surface area contributed by atoms with E-state index in [4.69, 9.17) is 4.42 Å². The van der Waals surface area contributed by atoms with E-state index < -0.39 is 5.76 Å². The summed E-state index contributed by atoms with van der Waals surface area (Å²) in [5, 5.41) is 2.98. The van der Waals surface area contributed by atoms with Gasteiger partial charge in [0.05, 0.1) is 12.1 Å². The SMILES string of the molecule is CCNCC(=O)N(C)c1ccc2c(c1)oc(=O)n2C. The number of aromatic nitrogens is 1. The monoisotopic (exact) mass is 263 g/mol. The quantitative estimate of drug-likeness (QED) is 0.882. The smallest absolute Gasteiger partial charge is 0.408 e. The Kier molecular flexibility index (Phi) is 3.71. The Morgan fingerprint density at radius 2 is 2.21 bits per heavy atom. The molecule has 0 saturated heterocycles. The molecule has 0 radical (unpaired) electrons. The van der Waals surface area contributed by atoms with Gasteiger partial charge in [0.15, 0.2) is 5.58 Å². The van der Waals surface area contributed by atoms with Crippen molar-refractivity contribution in [1.82, 2.24) is 9.88 Å². The number of nitrogens with one attached hydrogen (secondary N) is 1. The van der Waals surface area contributed by atoms with Gasteiger partial charge in [0.1, 0.15) is 0 Å². The van der Waals surface area contributed by atoms with E-state index >= 15 is 0 Å². The Balaban J connectivity index is 2.30. The first kappa shape index (κ1) is 13.4. The molecule has 1 heterocycles. The summed E-state index contributed by atoms with van der Waals surface area (Å²) < 4.78 is 6.53. The number of hydrogen-bond donors (Lipinski definition) is 1. The van der Waals surface area contributed by atoms with Crippen molar-refractivity contribution in [3.8, 4) is 0 Å². The van der Waals surface area contributed by atoms with Crippen LogP contribution in [0.2, 0.25) is 0 Å². The lowest BCUT2D eigenvalue weighted by molar-refractivity contribution is -0.117. The highest BCUT2D eigenvalue weighted by molar-refractivity contribution is 5.95. The highest BCUT2D eigenvalue weighted by Gasteiger charge is 2.13. The molecule has 6 nitrogen and oxygen atoms in total. The van der Waals surface area contributed by atoms with Crippen LogP contribution in [0.4, 0.5) is 5.69 Å². The normalized spacial score (nSPS) is 10.9. The number of anilines is 1. The lowest BCUT2D eigenvalue weighted by atomic mass is 10.2. The Morgan fingerprint density at radius 1 is 1.47 bits per heavy atom. The maximum atomic E-state index is 11.9. The molecule has 102 valence electrons. The molecule has 0 spiro atoms. The average molecular weight is 263 g/mol. The molecule has 1 aromatic carbocycles. The topological polar surface area (TPSA) is 67.5 Å². The summed E-state index contributed by atoms with van der Waals surface area (Å²) in [7, 11) is 3.34. The fourth-order valence-corrected chi connectivity index (χ4v) is 1.83. The van der Waals surface area contributed by atoms with E-state index in [2.05, 4.69) is 5.32 Å². The van der Waals surface area contributed by atoms with Crippen LogP contribution in [-0.4, -0.2) is 30.6 Å². The third-order valence-corrected chi connectivity index (χ3v) is 3.06. The first-order valence-corrected chi connectivity index (χ1v) is 6.11. The molecule has 0 bridgehead atoms. The van der Waals surface area contributed by atoms with Gasteiger partial charge in [-0.1, -0.05) is 6.92 Å². The number of hydrogen-bond acceptors (Lipinski definition) is 4. The minimum absolute atomic E-state index is 0.0421. The van der Waals surface area contributed by atoms with Gasteiger partial charge >= 0.3 is 5.76 Å². The Morgan fingerprint density at radius 3 is 2.89 bits per heavy atom. The second kappa shape index (κ2) is 5.27. The Bertz CT molecular complexity index is 657. The molecule has 0 aliphatic rings. The van der Waals surface area contributed by atoms with E-state index in [0.717, 1.165) is 6.54 Å². The minimum Gasteiger partial charge on any atom is -0.408 e. The number of rotatable bonds is 4. The Labute approximate surface area is 110 Å². The molecule has 0 saturated carbocycles. The van der Waals surface area contributed by atoms with Gasteiger partial charge in [-0.15, -0.1) is 0 Å². The third kappa shape index (κ3) is 2.53. The number of aryl methyl sites for hydroxylation is 1. The van der Waals surface area contributed by atoms with Crippen molar-refractivity contribution in [3.63, 3.8) is 0 Å². The molecule has 2 rings (SSSR count). The van der Waals surface area contributed by atoms with E-state index in [0.29, 0.717) is 16.8 Å². The average Bonchev–Trinajstić information content (AvgIpc) is 2.70. The summed E-state index contributed by atoms with van der Waals surface area (Å²) >= 11 is 0. The van der Waals surface area contributed by atoms with Crippen molar-refractivity contribution in [2.75, 3.05) is 25.0 Å². The molecule has 1 amide bonds. The fraction of sp³-hybridized carbons (Fsp3) is 0.385. The van der Waals surface area contributed by atoms with E-state index in [9.17, 15) is 9.59 Å². The Hall–Kier alpha value is -2.08. The van der Waals surface area contributed by atoms with Gasteiger partial charge in [-0.25, -0.2) is 4.79 Å². The van der Waals surface area contributed by atoms with Crippen LogP contribution in [0.25, 0.3) is 11.1 Å². The molecule has 0 unspecified atom stereocenters. The van der Waals surface area contributed by atoms with Crippen LogP contribution in [0.3, 0.4) is 0 Å². The summed E-state index contributed by atoms with van der Waals surface area (Å²) in [5.41, 5.74) is 1.89. The standard InChI is InChI=1S/C13H17N3O3/c1-4-14-8-12(17)15(2)9-5-6-10-11(7-9)19-13(18)16(10)3/h5-7,14H,4,8H2,1-3H3. The first-order chi connectivity index (χ1) is 9.04. The van der Waals surface area contributed by atoms with E-state index in [1.54, 1.807) is 32.3 Å². The van der Waals surface area contributed by atoms with Crippen molar-refractivity contribution < 1.29 is 9.21 Å². The van der Waals surface area contributed by atoms with Gasteiger partial charge in [0, 0.05) is 25.8 Å². The number of carbonyl (C=O) groups is 1. The number of oxazole rings is 1. The number of benzene rings is 1. The van der Waals surface area contributed by atoms with Crippen LogP contribution in [0.1, 0.15) is 6.92 Å². The molecular formula is C13H17N3O3. The zero-order chi connectivity index (χ0) is 14.0. The summed E-state index contributed by atoms with van der Waals surface area (Å²) in [6.45, 7) is 2.97. The minimum atomic E-state index is -0.409. The van der Waals surface area contributed by atoms with Crippen molar-refractivity contribution in [1.29, 1.82) is 0 Å². The summed E-state index contributed by atoms with van der Waals surface area (Å²) in [6, 6.07) is 5.26. The molecule has 0 aliphatic carbocycles. The van der Waals surface area contributed by atoms with Crippen molar-refractivity contribution >= 4 is 22.7 Å². The highest BCUT2D eigenvalue weighted by Crippen LogP contribution is 2.20. The molecule has 2 aromatic rings. The van der Waals surface area contributed by atoms with Gasteiger partial charge in [-0.2, -0.15) is 0 Å². The van der Waals surface area contributed by atoms with Gasteiger partial charge in [-0.3, -0.25) is 9.36 Å². The number of carbonyl (C=O) groups excluding carboxylic acids is 1. The summed E-state index contributed by atoms with van der Waals surface area (Å²) in [6.07, 6.45) is 0. The van der Waals surface area contributed by atoms with Crippen molar-refractivity contribution in [2.45, 2.75) is 6.92 Å². The van der Waals surface area contributed by atoms with Crippen molar-refractivity contribution in [3.05, 3.63) is 28.7 Å². The number of nitrogens with zero attached hydrogens (tertiary/aromatic N) is 2. The predicted octanol–water partition coefficient (Wildman–Crippen LogP) is 0.704. The number of likely N-dealkylation sites (N-methyl/N-ethyl adjacent to an activating group) is 2. The van der Waals surface area contributed by atoms with E-state index in [-0.39, 0.29) is 12.5 Å². The molecule has 0 aliphatic heterocycles. The van der Waals surface area contributed by atoms with Gasteiger partial charge < -0.3 is 14.6 Å². The number of amides is 1. The first-order valence-electron chi connectivity index (χ1n) is 6.11. The molecule has 19 heavy (non-hydrogen) atoms. The zero-order valence-corrected chi connectivity index (χ0v) is 11.3. The molecule has 1 N–H and O–H groups in total. The van der Waals surface area contributed by atoms with Crippen molar-refractivity contribution in [2.24, 2.45) is 7.05 Å². The molecule has 6 heteroatoms. The highest BCUT2D eigenvalue weighted by atomic mass is 16.4. The zero-order valence-electron chi connectivity index (χ0n) is 11.3. The van der Waals surface area contributed by atoms with E-state index in [1.807, 2.05) is 6.92 Å². The number of fused-ring (bicyclic) bond motifs is 1. The maximum Gasteiger partial charge on any atom is 0.419 e. The van der Waals surface area contributed by atoms with Crippen LogP contribution in [0.15, 0.2) is 27.4 Å². The van der Waals surface area contributed by atoms with Gasteiger partial charge in [0.2, 0.25) is 5.91 Å².